The number of nitrogens with one attached hydrogen (secondary N) is 1. The zero-order valence-corrected chi connectivity index (χ0v) is 8.29. The Morgan fingerprint density at radius 3 is 2.81 bits per heavy atom. The minimum Gasteiger partial charge on any atom is -0.504 e. The summed E-state index contributed by atoms with van der Waals surface area (Å²) < 4.78 is 0. The molecule has 0 fully saturated rings. The number of hydrogen-bond acceptors (Lipinski definition) is 4. The lowest BCUT2D eigenvalue weighted by atomic mass is 10.2. The van der Waals surface area contributed by atoms with Gasteiger partial charge in [0.2, 0.25) is 0 Å². The molecule has 0 unspecified atom stereocenters. The molecule has 0 aliphatic carbocycles. The molecule has 7 nitrogen and oxygen atoms in total. The summed E-state index contributed by atoms with van der Waals surface area (Å²) in [5, 5.41) is 23.9. The smallest absolute Gasteiger partial charge is 0.251 e. The van der Waals surface area contributed by atoms with Crippen molar-refractivity contribution in [1.29, 1.82) is 0 Å². The first kappa shape index (κ1) is 11.7. The molecular weight excluding hydrogens is 212 g/mol. The molecule has 84 valence electrons. The Morgan fingerprint density at radius 1 is 1.44 bits per heavy atom. The van der Waals surface area contributed by atoms with E-state index in [2.05, 4.69) is 15.3 Å². The molecule has 0 spiro atoms. The van der Waals surface area contributed by atoms with Crippen LogP contribution in [0.1, 0.15) is 10.4 Å². The number of benzene rings is 1. The van der Waals surface area contributed by atoms with Crippen molar-refractivity contribution in [1.82, 2.24) is 5.32 Å². The summed E-state index contributed by atoms with van der Waals surface area (Å²) >= 11 is 0. The van der Waals surface area contributed by atoms with Gasteiger partial charge in [-0.2, -0.15) is 0 Å². The number of carbonyl (C=O) groups is 1. The van der Waals surface area contributed by atoms with Crippen LogP contribution in [-0.4, -0.2) is 29.2 Å². The molecule has 0 atom stereocenters. The molecule has 0 bridgehead atoms. The highest BCUT2D eigenvalue weighted by Gasteiger charge is 2.07. The SMILES string of the molecule is [N-]=[N+]=NCCNC(=O)c1ccc(O)c(O)c1. The molecule has 0 aromatic heterocycles. The van der Waals surface area contributed by atoms with Gasteiger partial charge >= 0.3 is 0 Å². The summed E-state index contributed by atoms with van der Waals surface area (Å²) in [6.45, 7) is 0.372. The number of carbonyl (C=O) groups excluding carboxylic acids is 1. The Kier molecular flexibility index (Phi) is 3.99. The van der Waals surface area contributed by atoms with Crippen LogP contribution in [0.15, 0.2) is 23.3 Å². The molecule has 0 saturated heterocycles. The van der Waals surface area contributed by atoms with Crippen LogP contribution in [0.5, 0.6) is 11.5 Å². The fraction of sp³-hybridized carbons (Fsp3) is 0.222. The predicted octanol–water partition coefficient (Wildman–Crippen LogP) is 1.14. The lowest BCUT2D eigenvalue weighted by Gasteiger charge is -2.04. The number of phenols is 2. The van der Waals surface area contributed by atoms with Crippen molar-refractivity contribution in [2.45, 2.75) is 0 Å². The molecule has 1 amide bonds. The highest BCUT2D eigenvalue weighted by atomic mass is 16.3. The maximum Gasteiger partial charge on any atom is 0.251 e. The predicted molar refractivity (Wildman–Crippen MR) is 56.1 cm³/mol. The van der Waals surface area contributed by atoms with Crippen molar-refractivity contribution in [2.24, 2.45) is 5.11 Å². The van der Waals surface area contributed by atoms with Crippen LogP contribution in [0.4, 0.5) is 0 Å². The zero-order valence-electron chi connectivity index (χ0n) is 8.29. The van der Waals surface area contributed by atoms with E-state index in [1.165, 1.54) is 12.1 Å². The minimum absolute atomic E-state index is 0.159. The van der Waals surface area contributed by atoms with Crippen LogP contribution in [-0.2, 0) is 0 Å². The van der Waals surface area contributed by atoms with Gasteiger partial charge in [-0.25, -0.2) is 0 Å². The van der Waals surface area contributed by atoms with Gasteiger partial charge in [0.1, 0.15) is 0 Å². The molecule has 7 heteroatoms. The van der Waals surface area contributed by atoms with Crippen LogP contribution in [0, 0.1) is 0 Å². The van der Waals surface area contributed by atoms with Gasteiger partial charge in [-0.3, -0.25) is 4.79 Å². The Bertz CT molecular complexity index is 440. The number of aromatic hydroxyl groups is 2. The van der Waals surface area contributed by atoms with Crippen LogP contribution in [0.3, 0.4) is 0 Å². The summed E-state index contributed by atoms with van der Waals surface area (Å²) in [4.78, 5) is 14.0. The standard InChI is InChI=1S/C9H10N4O3/c10-13-12-4-3-11-9(16)6-1-2-7(14)8(15)5-6/h1-2,5,14-15H,3-4H2,(H,11,16). The van der Waals surface area contributed by atoms with E-state index in [4.69, 9.17) is 15.7 Å². The van der Waals surface area contributed by atoms with Crippen LogP contribution in [0.25, 0.3) is 10.4 Å². The summed E-state index contributed by atoms with van der Waals surface area (Å²) in [5.41, 5.74) is 8.22. The van der Waals surface area contributed by atoms with E-state index in [0.717, 1.165) is 6.07 Å². The number of rotatable bonds is 4. The van der Waals surface area contributed by atoms with Gasteiger partial charge in [0.25, 0.3) is 5.91 Å². The van der Waals surface area contributed by atoms with Crippen molar-refractivity contribution < 1.29 is 15.0 Å². The van der Waals surface area contributed by atoms with E-state index in [-0.39, 0.29) is 30.2 Å². The van der Waals surface area contributed by atoms with Crippen molar-refractivity contribution in [2.75, 3.05) is 13.1 Å². The molecule has 0 aliphatic heterocycles. The normalized spacial score (nSPS) is 9.25. The molecule has 0 radical (unpaired) electrons. The van der Waals surface area contributed by atoms with Crippen molar-refractivity contribution >= 4 is 5.91 Å². The van der Waals surface area contributed by atoms with E-state index in [0.29, 0.717) is 0 Å². The van der Waals surface area contributed by atoms with Crippen LogP contribution in [0.2, 0.25) is 0 Å². The van der Waals surface area contributed by atoms with E-state index < -0.39 is 5.91 Å². The zero-order chi connectivity index (χ0) is 12.0. The summed E-state index contributed by atoms with van der Waals surface area (Å²) in [7, 11) is 0. The van der Waals surface area contributed by atoms with Gasteiger partial charge in [-0.15, -0.1) is 0 Å². The quantitative estimate of drug-likeness (QED) is 0.233. The maximum atomic E-state index is 11.4. The number of amides is 1. The Balaban J connectivity index is 2.59. The molecular formula is C9H10N4O3. The van der Waals surface area contributed by atoms with Gasteiger partial charge in [0, 0.05) is 23.6 Å². The lowest BCUT2D eigenvalue weighted by molar-refractivity contribution is 0.0954. The molecule has 3 N–H and O–H groups in total. The Hall–Kier alpha value is -2.40. The first-order valence-corrected chi connectivity index (χ1v) is 4.46. The average molecular weight is 222 g/mol. The second kappa shape index (κ2) is 5.47. The largest absolute Gasteiger partial charge is 0.504 e. The summed E-state index contributed by atoms with van der Waals surface area (Å²) in [6, 6.07) is 3.74. The molecule has 1 aromatic rings. The molecule has 1 rings (SSSR count). The van der Waals surface area contributed by atoms with Crippen LogP contribution < -0.4 is 5.32 Å². The monoisotopic (exact) mass is 222 g/mol. The molecule has 1 aromatic carbocycles. The average Bonchev–Trinajstić information content (AvgIpc) is 2.28. The van der Waals surface area contributed by atoms with E-state index in [9.17, 15) is 4.79 Å². The fourth-order valence-corrected chi connectivity index (χ4v) is 1.03. The summed E-state index contributed by atoms with van der Waals surface area (Å²) in [5.74, 6) is -1.06. The van der Waals surface area contributed by atoms with Gasteiger partial charge < -0.3 is 15.5 Å². The molecule has 16 heavy (non-hydrogen) atoms. The first-order valence-electron chi connectivity index (χ1n) is 4.46. The van der Waals surface area contributed by atoms with Crippen LogP contribution >= 0.6 is 0 Å². The Morgan fingerprint density at radius 2 is 2.19 bits per heavy atom. The summed E-state index contributed by atoms with van der Waals surface area (Å²) in [6.07, 6.45) is 0. The van der Waals surface area contributed by atoms with E-state index >= 15 is 0 Å². The molecule has 0 heterocycles. The van der Waals surface area contributed by atoms with Gasteiger partial charge in [0.05, 0.1) is 0 Å². The second-order valence-electron chi connectivity index (χ2n) is 2.91. The molecule has 0 aliphatic rings. The second-order valence-corrected chi connectivity index (χ2v) is 2.91. The lowest BCUT2D eigenvalue weighted by Crippen LogP contribution is -2.25. The third-order valence-corrected chi connectivity index (χ3v) is 1.80. The fourth-order valence-electron chi connectivity index (χ4n) is 1.03. The molecule has 0 saturated carbocycles. The number of phenolic OH excluding ortho intramolecular Hbond substituents is 2. The maximum absolute atomic E-state index is 11.4. The minimum atomic E-state index is -0.413. The Labute approximate surface area is 91.0 Å². The van der Waals surface area contributed by atoms with Gasteiger partial charge in [0.15, 0.2) is 11.5 Å². The highest BCUT2D eigenvalue weighted by molar-refractivity contribution is 5.94. The van der Waals surface area contributed by atoms with Gasteiger partial charge in [-0.05, 0) is 23.7 Å². The first-order chi connectivity index (χ1) is 7.65. The van der Waals surface area contributed by atoms with E-state index in [1.807, 2.05) is 0 Å². The van der Waals surface area contributed by atoms with E-state index in [1.54, 1.807) is 0 Å². The highest BCUT2D eigenvalue weighted by Crippen LogP contribution is 2.24. The van der Waals surface area contributed by atoms with Crippen molar-refractivity contribution in [3.8, 4) is 11.5 Å². The third kappa shape index (κ3) is 3.07. The topological polar surface area (TPSA) is 118 Å². The number of nitrogens with zero attached hydrogens (tertiary/aromatic N) is 3. The number of azide groups is 1. The number of hydrogen-bond donors (Lipinski definition) is 3. The van der Waals surface area contributed by atoms with Gasteiger partial charge in [-0.1, -0.05) is 5.11 Å². The van der Waals surface area contributed by atoms with Crippen molar-refractivity contribution in [3.63, 3.8) is 0 Å². The third-order valence-electron chi connectivity index (χ3n) is 1.80. The van der Waals surface area contributed by atoms with Crippen molar-refractivity contribution in [3.05, 3.63) is 34.2 Å².